The zero-order valence-electron chi connectivity index (χ0n) is 18.1. The Morgan fingerprint density at radius 3 is 2.62 bits per heavy atom. The van der Waals surface area contributed by atoms with Crippen LogP contribution in [0, 0.1) is 20.8 Å². The quantitative estimate of drug-likeness (QED) is 0.378. The van der Waals surface area contributed by atoms with Crippen LogP contribution in [0.1, 0.15) is 38.4 Å². The zero-order valence-corrected chi connectivity index (χ0v) is 18.9. The summed E-state index contributed by atoms with van der Waals surface area (Å²) in [5.74, 6) is 0.548. The summed E-state index contributed by atoms with van der Waals surface area (Å²) >= 11 is 6.40. The van der Waals surface area contributed by atoms with Gasteiger partial charge in [-0.3, -0.25) is 0 Å². The fourth-order valence-electron chi connectivity index (χ4n) is 3.87. The lowest BCUT2D eigenvalue weighted by Gasteiger charge is -2.13. The highest BCUT2D eigenvalue weighted by Gasteiger charge is 2.16. The number of ether oxygens (including phenoxy) is 1. The van der Waals surface area contributed by atoms with E-state index in [0.29, 0.717) is 28.6 Å². The summed E-state index contributed by atoms with van der Waals surface area (Å²) in [6.45, 7) is 6.53. The molecule has 0 aliphatic rings. The fraction of sp³-hybridized carbons (Fsp3) is 0.200. The van der Waals surface area contributed by atoms with Gasteiger partial charge in [-0.1, -0.05) is 29.8 Å². The monoisotopic (exact) mass is 449 g/mol. The van der Waals surface area contributed by atoms with E-state index < -0.39 is 5.97 Å². The first-order valence-corrected chi connectivity index (χ1v) is 10.6. The van der Waals surface area contributed by atoms with Crippen molar-refractivity contribution in [3.8, 4) is 5.75 Å². The molecule has 0 unspecified atom stereocenters. The van der Waals surface area contributed by atoms with Crippen LogP contribution in [0.3, 0.4) is 0 Å². The van der Waals surface area contributed by atoms with E-state index in [1.165, 1.54) is 0 Å². The third-order valence-corrected chi connectivity index (χ3v) is 5.99. The van der Waals surface area contributed by atoms with E-state index in [1.807, 2.05) is 51.1 Å². The minimum atomic E-state index is -0.965. The maximum absolute atomic E-state index is 11.6. The van der Waals surface area contributed by atoms with Crippen LogP contribution in [0.15, 0.2) is 48.5 Å². The number of halogens is 1. The van der Waals surface area contributed by atoms with Gasteiger partial charge in [0.2, 0.25) is 0 Å². The second-order valence-corrected chi connectivity index (χ2v) is 8.31. The summed E-state index contributed by atoms with van der Waals surface area (Å²) in [7, 11) is 0. The summed E-state index contributed by atoms with van der Waals surface area (Å²) < 4.78 is 8.15. The van der Waals surface area contributed by atoms with Gasteiger partial charge >= 0.3 is 5.97 Å². The van der Waals surface area contributed by atoms with Crippen LogP contribution in [0.5, 0.6) is 5.75 Å². The van der Waals surface area contributed by atoms with Gasteiger partial charge in [0.15, 0.2) is 0 Å². The van der Waals surface area contributed by atoms with Gasteiger partial charge in [0.05, 0.1) is 23.1 Å². The molecular weight excluding hydrogens is 426 g/mol. The molecule has 1 heterocycles. The number of aromatic carboxylic acids is 1. The number of hydrogen-bond donors (Lipinski definition) is 2. The van der Waals surface area contributed by atoms with Gasteiger partial charge in [-0.25, -0.2) is 9.78 Å². The average Bonchev–Trinajstić information content (AvgIpc) is 3.04. The Kier molecular flexibility index (Phi) is 5.80. The lowest BCUT2D eigenvalue weighted by atomic mass is 10.0. The number of nitrogen functional groups attached to an aromatic ring is 1. The lowest BCUT2D eigenvalue weighted by molar-refractivity contribution is 0.0693. The number of carbonyl (C=O) groups is 1. The molecule has 3 N–H and O–H groups in total. The molecule has 0 bridgehead atoms. The number of carboxylic acid groups (broad SMARTS) is 1. The van der Waals surface area contributed by atoms with Crippen molar-refractivity contribution in [1.82, 2.24) is 9.55 Å². The van der Waals surface area contributed by atoms with Crippen molar-refractivity contribution in [3.05, 3.63) is 87.2 Å². The van der Waals surface area contributed by atoms with Crippen molar-refractivity contribution < 1.29 is 14.6 Å². The Labute approximate surface area is 191 Å². The third kappa shape index (κ3) is 4.14. The van der Waals surface area contributed by atoms with Crippen LogP contribution in [0.2, 0.25) is 5.02 Å². The first-order valence-electron chi connectivity index (χ1n) is 10.2. The molecule has 32 heavy (non-hydrogen) atoms. The van der Waals surface area contributed by atoms with Gasteiger partial charge in [-0.2, -0.15) is 0 Å². The normalized spacial score (nSPS) is 11.1. The number of rotatable bonds is 6. The average molecular weight is 450 g/mol. The molecule has 4 rings (SSSR count). The maximum Gasteiger partial charge on any atom is 0.336 e. The van der Waals surface area contributed by atoms with E-state index in [1.54, 1.807) is 18.2 Å². The van der Waals surface area contributed by atoms with Crippen molar-refractivity contribution in [3.63, 3.8) is 0 Å². The number of nitrogens with zero attached hydrogens (tertiary/aromatic N) is 2. The number of anilines is 1. The van der Waals surface area contributed by atoms with E-state index in [2.05, 4.69) is 4.57 Å². The second kappa shape index (κ2) is 8.55. The second-order valence-electron chi connectivity index (χ2n) is 7.90. The van der Waals surface area contributed by atoms with Crippen molar-refractivity contribution >= 4 is 34.3 Å². The summed E-state index contributed by atoms with van der Waals surface area (Å²) in [5, 5.41) is 10.1. The summed E-state index contributed by atoms with van der Waals surface area (Å²) in [6, 6.07) is 14.6. The van der Waals surface area contributed by atoms with Crippen molar-refractivity contribution in [2.75, 3.05) is 5.73 Å². The summed E-state index contributed by atoms with van der Waals surface area (Å²) in [5.41, 5.74) is 12.0. The molecule has 0 saturated carbocycles. The topological polar surface area (TPSA) is 90.4 Å². The van der Waals surface area contributed by atoms with E-state index >= 15 is 0 Å². The maximum atomic E-state index is 11.6. The minimum Gasteiger partial charge on any atom is -0.489 e. The fourth-order valence-corrected chi connectivity index (χ4v) is 4.12. The Bertz CT molecular complexity index is 1340. The van der Waals surface area contributed by atoms with Crippen LogP contribution in [-0.2, 0) is 13.2 Å². The van der Waals surface area contributed by atoms with Crippen molar-refractivity contribution in [2.24, 2.45) is 0 Å². The molecule has 0 atom stereocenters. The van der Waals surface area contributed by atoms with Gasteiger partial charge < -0.3 is 20.1 Å². The number of carboxylic acids is 1. The van der Waals surface area contributed by atoms with Crippen LogP contribution in [-0.4, -0.2) is 20.6 Å². The van der Waals surface area contributed by atoms with Gasteiger partial charge in [0.1, 0.15) is 18.2 Å². The molecule has 0 aliphatic carbocycles. The first-order chi connectivity index (χ1) is 15.2. The highest BCUT2D eigenvalue weighted by atomic mass is 35.5. The predicted octanol–water partition coefficient (Wildman–Crippen LogP) is 5.52. The van der Waals surface area contributed by atoms with E-state index in [4.69, 9.17) is 27.1 Å². The molecule has 0 radical (unpaired) electrons. The SMILES string of the molecule is Cc1cccc(C(=O)O)c1COc1cc(C)c2nc(C)n(Cc3ccc(N)cc3Cl)c2c1. The van der Waals surface area contributed by atoms with Crippen LogP contribution in [0.25, 0.3) is 11.0 Å². The molecule has 1 aromatic heterocycles. The van der Waals surface area contributed by atoms with Crippen LogP contribution < -0.4 is 10.5 Å². The Hall–Kier alpha value is -3.51. The smallest absolute Gasteiger partial charge is 0.336 e. The molecule has 0 saturated heterocycles. The lowest BCUT2D eigenvalue weighted by Crippen LogP contribution is -2.08. The highest BCUT2D eigenvalue weighted by Crippen LogP contribution is 2.29. The zero-order chi connectivity index (χ0) is 23.0. The number of benzene rings is 3. The molecule has 6 nitrogen and oxygen atoms in total. The molecule has 0 fully saturated rings. The molecule has 0 spiro atoms. The van der Waals surface area contributed by atoms with Crippen LogP contribution in [0.4, 0.5) is 5.69 Å². The molecule has 164 valence electrons. The Balaban J connectivity index is 1.69. The number of fused-ring (bicyclic) bond motifs is 1. The molecule has 0 aliphatic heterocycles. The Morgan fingerprint density at radius 2 is 1.91 bits per heavy atom. The largest absolute Gasteiger partial charge is 0.489 e. The molecule has 3 aromatic carbocycles. The highest BCUT2D eigenvalue weighted by molar-refractivity contribution is 6.31. The van der Waals surface area contributed by atoms with E-state index in [0.717, 1.165) is 33.5 Å². The summed E-state index contributed by atoms with van der Waals surface area (Å²) in [6.07, 6.45) is 0. The molecular formula is C25H24ClN3O3. The Morgan fingerprint density at radius 1 is 1.12 bits per heavy atom. The standard InChI is InChI=1S/C25H24ClN3O3/c1-14-5-4-6-20(25(30)31)21(14)13-32-19-9-15(2)24-23(11-19)29(16(3)28-24)12-17-7-8-18(27)10-22(17)26/h4-11H,12-13,27H2,1-3H3,(H,30,31). The molecule has 0 amide bonds. The van der Waals surface area contributed by atoms with Gasteiger partial charge in [0.25, 0.3) is 0 Å². The minimum absolute atomic E-state index is 0.163. The number of hydrogen-bond acceptors (Lipinski definition) is 4. The van der Waals surface area contributed by atoms with Gasteiger partial charge in [-0.15, -0.1) is 0 Å². The number of imidazole rings is 1. The van der Waals surface area contributed by atoms with Crippen molar-refractivity contribution in [2.45, 2.75) is 33.9 Å². The number of aromatic nitrogens is 2. The van der Waals surface area contributed by atoms with E-state index in [-0.39, 0.29) is 12.2 Å². The van der Waals surface area contributed by atoms with Crippen LogP contribution >= 0.6 is 11.6 Å². The van der Waals surface area contributed by atoms with Gasteiger partial charge in [0, 0.05) is 22.3 Å². The van der Waals surface area contributed by atoms with Gasteiger partial charge in [-0.05, 0) is 61.7 Å². The predicted molar refractivity (Wildman–Crippen MR) is 127 cm³/mol. The molecule has 7 heteroatoms. The van der Waals surface area contributed by atoms with Crippen molar-refractivity contribution in [1.29, 1.82) is 0 Å². The number of aryl methyl sites for hydroxylation is 3. The summed E-state index contributed by atoms with van der Waals surface area (Å²) in [4.78, 5) is 16.3. The first kappa shape index (κ1) is 21.7. The van der Waals surface area contributed by atoms with E-state index in [9.17, 15) is 9.90 Å². The molecule has 4 aromatic rings. The third-order valence-electron chi connectivity index (χ3n) is 5.64. The number of nitrogens with two attached hydrogens (primary N) is 1.